The van der Waals surface area contributed by atoms with Gasteiger partial charge in [0.1, 0.15) is 6.23 Å². The molecule has 1 unspecified atom stereocenters. The van der Waals surface area contributed by atoms with E-state index >= 15 is 0 Å². The lowest BCUT2D eigenvalue weighted by Gasteiger charge is -2.12. The first-order valence-electron chi connectivity index (χ1n) is 5.42. The molecule has 88 valence electrons. The number of aliphatic hydroxyl groups excluding tert-OH is 1. The maximum absolute atomic E-state index is 9.94. The predicted octanol–water partition coefficient (Wildman–Crippen LogP) is 3.46. The quantitative estimate of drug-likeness (QED) is 0.791. The van der Waals surface area contributed by atoms with Gasteiger partial charge in [-0.25, -0.2) is 0 Å². The highest BCUT2D eigenvalue weighted by Gasteiger charge is 2.25. The molecule has 2 aromatic rings. The number of rotatable bonds is 1. The fourth-order valence-electron chi connectivity index (χ4n) is 2.21. The molecular weight excluding hydrogens is 345 g/mol. The normalized spacial score (nSPS) is 19.6. The molecule has 0 radical (unpaired) electrons. The first kappa shape index (κ1) is 11.6. The van der Waals surface area contributed by atoms with E-state index in [-0.39, 0.29) is 0 Å². The largest absolute Gasteiger partial charge is 0.374 e. The Kier molecular flexibility index (Phi) is 2.98. The van der Waals surface area contributed by atoms with Gasteiger partial charge >= 0.3 is 0 Å². The molecule has 0 bridgehead atoms. The summed E-state index contributed by atoms with van der Waals surface area (Å²) < 4.78 is 1.30. The summed E-state index contributed by atoms with van der Waals surface area (Å²) in [6.07, 6.45) is -0.442. The molecule has 1 N–H and O–H groups in total. The molecule has 0 aliphatic carbocycles. The van der Waals surface area contributed by atoms with Crippen LogP contribution in [0.25, 0.3) is 10.4 Å². The van der Waals surface area contributed by atoms with Crippen LogP contribution >= 0.6 is 33.9 Å². The molecule has 0 saturated carbocycles. The molecule has 17 heavy (non-hydrogen) atoms. The Morgan fingerprint density at radius 3 is 2.88 bits per heavy atom. The number of fused-ring (bicyclic) bond motifs is 1. The van der Waals surface area contributed by atoms with Crippen LogP contribution in [0.4, 0.5) is 0 Å². The second-order valence-corrected chi connectivity index (χ2v) is 7.28. The monoisotopic (exact) mass is 357 g/mol. The maximum atomic E-state index is 9.94. The second-order valence-electron chi connectivity index (χ2n) is 4.31. The van der Waals surface area contributed by atoms with E-state index in [1.54, 1.807) is 11.3 Å². The molecule has 1 aromatic carbocycles. The van der Waals surface area contributed by atoms with Crippen molar-refractivity contribution in [1.29, 1.82) is 0 Å². The van der Waals surface area contributed by atoms with Crippen molar-refractivity contribution in [1.82, 2.24) is 4.90 Å². The molecule has 0 spiro atoms. The number of hydrogen-bond donors (Lipinski definition) is 1. The van der Waals surface area contributed by atoms with Gasteiger partial charge in [0.25, 0.3) is 0 Å². The van der Waals surface area contributed by atoms with Crippen LogP contribution in [0.2, 0.25) is 0 Å². The van der Waals surface area contributed by atoms with Crippen molar-refractivity contribution < 1.29 is 5.11 Å². The van der Waals surface area contributed by atoms with Crippen molar-refractivity contribution in [3.63, 3.8) is 0 Å². The zero-order valence-electron chi connectivity index (χ0n) is 9.35. The summed E-state index contributed by atoms with van der Waals surface area (Å²) in [5.74, 6) is 0. The van der Waals surface area contributed by atoms with Gasteiger partial charge in [0, 0.05) is 11.4 Å². The van der Waals surface area contributed by atoms with Gasteiger partial charge in [-0.05, 0) is 64.5 Å². The first-order chi connectivity index (χ1) is 8.15. The fraction of sp³-hybridized carbons (Fsp3) is 0.231. The third-order valence-corrected chi connectivity index (χ3v) is 5.06. The van der Waals surface area contributed by atoms with E-state index in [1.165, 1.54) is 18.9 Å². The van der Waals surface area contributed by atoms with Crippen molar-refractivity contribution in [2.24, 2.45) is 0 Å². The molecule has 0 amide bonds. The molecule has 1 aliphatic rings. The van der Waals surface area contributed by atoms with Crippen LogP contribution in [0.5, 0.6) is 0 Å². The van der Waals surface area contributed by atoms with Crippen LogP contribution in [0, 0.1) is 2.88 Å². The van der Waals surface area contributed by atoms with E-state index in [4.69, 9.17) is 0 Å². The van der Waals surface area contributed by atoms with Gasteiger partial charge in [0.05, 0.1) is 2.88 Å². The van der Waals surface area contributed by atoms with Crippen LogP contribution in [-0.4, -0.2) is 17.1 Å². The van der Waals surface area contributed by atoms with Gasteiger partial charge < -0.3 is 5.11 Å². The van der Waals surface area contributed by atoms with Crippen molar-refractivity contribution in [3.8, 4) is 10.4 Å². The second kappa shape index (κ2) is 4.35. The number of hydrogen-bond acceptors (Lipinski definition) is 3. The SMILES string of the molecule is CN1Cc2cc(-c3ccc(I)s3)ccc2C1O. The summed E-state index contributed by atoms with van der Waals surface area (Å²) in [5, 5.41) is 9.94. The third-order valence-electron chi connectivity index (χ3n) is 3.12. The molecule has 2 heterocycles. The molecule has 1 aliphatic heterocycles. The smallest absolute Gasteiger partial charge is 0.133 e. The van der Waals surface area contributed by atoms with Crippen LogP contribution in [0.3, 0.4) is 0 Å². The number of halogens is 1. The summed E-state index contributed by atoms with van der Waals surface area (Å²) in [7, 11) is 1.94. The average molecular weight is 357 g/mol. The maximum Gasteiger partial charge on any atom is 0.133 e. The Morgan fingerprint density at radius 2 is 2.18 bits per heavy atom. The summed E-state index contributed by atoms with van der Waals surface area (Å²) >= 11 is 4.14. The van der Waals surface area contributed by atoms with Crippen molar-refractivity contribution >= 4 is 33.9 Å². The van der Waals surface area contributed by atoms with E-state index in [9.17, 15) is 5.11 Å². The van der Waals surface area contributed by atoms with E-state index in [0.29, 0.717) is 0 Å². The van der Waals surface area contributed by atoms with Crippen LogP contribution < -0.4 is 0 Å². The van der Waals surface area contributed by atoms with Gasteiger partial charge in [-0.2, -0.15) is 0 Å². The van der Waals surface area contributed by atoms with Gasteiger partial charge in [0.15, 0.2) is 0 Å². The number of benzene rings is 1. The van der Waals surface area contributed by atoms with Gasteiger partial charge in [-0.15, -0.1) is 11.3 Å². The van der Waals surface area contributed by atoms with E-state index in [0.717, 1.165) is 12.1 Å². The average Bonchev–Trinajstić information content (AvgIpc) is 2.85. The van der Waals surface area contributed by atoms with Crippen LogP contribution in [0.15, 0.2) is 30.3 Å². The van der Waals surface area contributed by atoms with Crippen molar-refractivity contribution in [2.75, 3.05) is 7.05 Å². The zero-order valence-corrected chi connectivity index (χ0v) is 12.3. The topological polar surface area (TPSA) is 23.5 Å². The van der Waals surface area contributed by atoms with Crippen molar-refractivity contribution in [3.05, 3.63) is 44.3 Å². The Bertz CT molecular complexity index is 566. The molecule has 3 rings (SSSR count). The minimum atomic E-state index is -0.442. The highest BCUT2D eigenvalue weighted by Crippen LogP contribution is 2.35. The summed E-state index contributed by atoms with van der Waals surface area (Å²) in [6.45, 7) is 0.826. The van der Waals surface area contributed by atoms with Crippen LogP contribution in [-0.2, 0) is 6.54 Å². The fourth-order valence-corrected chi connectivity index (χ4v) is 3.83. The van der Waals surface area contributed by atoms with E-state index in [1.807, 2.05) is 18.0 Å². The molecule has 4 heteroatoms. The van der Waals surface area contributed by atoms with Gasteiger partial charge in [-0.1, -0.05) is 12.1 Å². The lowest BCUT2D eigenvalue weighted by Crippen LogP contribution is -2.15. The summed E-state index contributed by atoms with van der Waals surface area (Å²) in [4.78, 5) is 3.24. The Labute approximate surface area is 118 Å². The third kappa shape index (κ3) is 2.03. The highest BCUT2D eigenvalue weighted by molar-refractivity contribution is 14.1. The van der Waals surface area contributed by atoms with Gasteiger partial charge in [-0.3, -0.25) is 4.90 Å². The van der Waals surface area contributed by atoms with Crippen LogP contribution in [0.1, 0.15) is 17.4 Å². The molecule has 0 saturated heterocycles. The van der Waals surface area contributed by atoms with E-state index in [2.05, 4.69) is 46.9 Å². The Balaban J connectivity index is 2.03. The molecule has 0 fully saturated rings. The Hall–Kier alpha value is -0.430. The molecule has 1 aromatic heterocycles. The molecule has 1 atom stereocenters. The summed E-state index contributed by atoms with van der Waals surface area (Å²) in [5.41, 5.74) is 3.53. The lowest BCUT2D eigenvalue weighted by molar-refractivity contribution is 0.0337. The minimum absolute atomic E-state index is 0.442. The molecule has 2 nitrogen and oxygen atoms in total. The standard InChI is InChI=1S/C13H12INOS/c1-15-7-9-6-8(2-3-10(9)13(15)16)11-4-5-12(14)17-11/h2-6,13,16H,7H2,1H3. The zero-order chi connectivity index (χ0) is 12.0. The minimum Gasteiger partial charge on any atom is -0.374 e. The number of nitrogens with zero attached hydrogens (tertiary/aromatic N) is 1. The lowest BCUT2D eigenvalue weighted by atomic mass is 10.0. The predicted molar refractivity (Wildman–Crippen MR) is 78.9 cm³/mol. The number of thiophene rings is 1. The highest BCUT2D eigenvalue weighted by atomic mass is 127. The summed E-state index contributed by atoms with van der Waals surface area (Å²) in [6, 6.07) is 10.6. The Morgan fingerprint density at radius 1 is 1.35 bits per heavy atom. The molecular formula is C13H12INOS. The van der Waals surface area contributed by atoms with Crippen molar-refractivity contribution in [2.45, 2.75) is 12.8 Å². The van der Waals surface area contributed by atoms with Gasteiger partial charge in [0.2, 0.25) is 0 Å². The number of aliphatic hydroxyl groups is 1. The van der Waals surface area contributed by atoms with E-state index < -0.39 is 6.23 Å². The first-order valence-corrected chi connectivity index (χ1v) is 7.31.